The predicted octanol–water partition coefficient (Wildman–Crippen LogP) is 4.93. The van der Waals surface area contributed by atoms with Crippen LogP contribution < -0.4 is 0 Å². The minimum absolute atomic E-state index is 0. The molecule has 0 saturated heterocycles. The summed E-state index contributed by atoms with van der Waals surface area (Å²) in [5, 5.41) is 0. The minimum Gasteiger partial charge on any atom is -0.226 e. The van der Waals surface area contributed by atoms with Gasteiger partial charge in [0.15, 0.2) is 0 Å². The Hall–Kier alpha value is 32.7. The fourth-order valence-electron chi connectivity index (χ4n) is 1.12. The molecule has 0 aliphatic heterocycles. The molecule has 31 heteroatoms. The number of benzene rings is 2. The van der Waals surface area contributed by atoms with Crippen molar-refractivity contribution in [3.05, 3.63) is 60.7 Å². The SMILES string of the molecule is CC.CC.[Y].[Y].[Y].[Y].[Y].[Y].[Y].[Y].[Y].[Y].[Y].[Y].[Y].[Y].[Y].[Y].[Y].[Y].[Y].[Y].[Y].[Y].[Y].[Y].[Y].[Y].[Y].[Y].[Y].[Y].[Y].[c-]1ccccc1-c1[c-]cccc1. The molecule has 0 unspecified atom stereocenters. The van der Waals surface area contributed by atoms with Crippen LogP contribution in [0.3, 0.4) is 0 Å². The molecular weight excluding hydrogens is 2950 g/mol. The molecule has 0 bridgehead atoms. The van der Waals surface area contributed by atoms with Crippen molar-refractivity contribution in [2.24, 2.45) is 0 Å². The predicted molar refractivity (Wildman–Crippen MR) is 72.2 cm³/mol. The average Bonchev–Trinajstić information content (AvgIpc) is 2.45. The molecule has 0 amide bonds. The van der Waals surface area contributed by atoms with Crippen LogP contribution in [0.25, 0.3) is 11.1 Å². The van der Waals surface area contributed by atoms with Gasteiger partial charge in [-0.15, -0.1) is 12.1 Å². The zero-order valence-electron chi connectivity index (χ0n) is 28.5. The Morgan fingerprint density at radius 3 is 0.447 bits per heavy atom. The average molecular weight is 2970 g/mol. The first kappa shape index (κ1) is 217. The maximum atomic E-state index is 3.15. The van der Waals surface area contributed by atoms with E-state index in [2.05, 4.69) is 12.1 Å². The molecule has 0 spiro atoms. The summed E-state index contributed by atoms with van der Waals surface area (Å²) in [6, 6.07) is 22.1. The van der Waals surface area contributed by atoms with E-state index in [1.807, 2.05) is 76.2 Å². The topological polar surface area (TPSA) is 0 Å². The maximum absolute atomic E-state index is 3.15. The molecule has 179 valence electrons. The van der Waals surface area contributed by atoms with Crippen molar-refractivity contribution in [3.63, 3.8) is 0 Å². The van der Waals surface area contributed by atoms with Crippen molar-refractivity contribution >= 4 is 0 Å². The fourth-order valence-corrected chi connectivity index (χ4v) is 1.12. The van der Waals surface area contributed by atoms with E-state index < -0.39 is 0 Å². The second-order valence-corrected chi connectivity index (χ2v) is 2.55. The molecule has 31 radical (unpaired) electrons. The third-order valence-corrected chi connectivity index (χ3v) is 1.71. The standard InChI is InChI=1S/C12H8.2C2H6.31Y/c1-3-7-11(8-4-1)12-9-5-2-6-10-12;2*1-2;;;;;;;;;;;;;;;;;;;;;;;;;;;;;;;/h1-7,9H;2*1-2H3;;;;;;;;;;;;;;;;;;;;;;;;;;;;;;;/q-2;;;;;;;;;;;;;;;;;;;;;;;;;;;;;;;;;. The molecule has 0 saturated carbocycles. The van der Waals surface area contributed by atoms with E-state index >= 15 is 0 Å². The zero-order chi connectivity index (χ0) is 12.2. The molecule has 0 fully saturated rings. The van der Waals surface area contributed by atoms with Crippen LogP contribution in [-0.4, -0.2) is 0 Å². The van der Waals surface area contributed by atoms with Gasteiger partial charge >= 0.3 is 0 Å². The van der Waals surface area contributed by atoms with Crippen LogP contribution in [0.2, 0.25) is 0 Å². The summed E-state index contributed by atoms with van der Waals surface area (Å²) in [6.07, 6.45) is 0. The van der Waals surface area contributed by atoms with E-state index in [1.54, 1.807) is 0 Å². The van der Waals surface area contributed by atoms with E-state index in [-0.39, 0.29) is 1010 Å². The van der Waals surface area contributed by atoms with Crippen molar-refractivity contribution in [1.29, 1.82) is 0 Å². The summed E-state index contributed by atoms with van der Waals surface area (Å²) >= 11 is 0. The van der Waals surface area contributed by atoms with Gasteiger partial charge in [0, 0.05) is 1010 Å². The van der Waals surface area contributed by atoms with Crippen molar-refractivity contribution in [2.45, 2.75) is 27.7 Å². The summed E-state index contributed by atoms with van der Waals surface area (Å²) in [7, 11) is 0. The Balaban J connectivity index is -0.00000000208. The Morgan fingerprint density at radius 2 is 0.362 bits per heavy atom. The molecule has 0 heterocycles. The van der Waals surface area contributed by atoms with Crippen molar-refractivity contribution in [2.75, 3.05) is 0 Å². The van der Waals surface area contributed by atoms with Gasteiger partial charge < -0.3 is 0 Å². The molecule has 47 heavy (non-hydrogen) atoms. The van der Waals surface area contributed by atoms with Gasteiger partial charge in [0.05, 0.1) is 0 Å². The number of hydrogen-bond donors (Lipinski definition) is 0. The molecule has 2 aromatic carbocycles. The second-order valence-electron chi connectivity index (χ2n) is 2.55. The molecule has 0 aliphatic carbocycles. The van der Waals surface area contributed by atoms with Crippen molar-refractivity contribution < 1.29 is 1010 Å². The normalized spacial score (nSPS) is 2.72. The van der Waals surface area contributed by atoms with E-state index in [0.717, 1.165) is 11.1 Å². The third kappa shape index (κ3) is 167. The molecule has 0 atom stereocenters. The van der Waals surface area contributed by atoms with Crippen LogP contribution in [0.1, 0.15) is 27.7 Å². The first-order chi connectivity index (χ1) is 7.97. The first-order valence-electron chi connectivity index (χ1n) is 5.90. The van der Waals surface area contributed by atoms with Crippen LogP contribution >= 0.6 is 0 Å². The number of hydrogen-bond acceptors (Lipinski definition) is 0. The molecule has 0 aromatic heterocycles. The molecule has 2 rings (SSSR count). The van der Waals surface area contributed by atoms with Gasteiger partial charge in [0.1, 0.15) is 0 Å². The van der Waals surface area contributed by atoms with Crippen LogP contribution in [0.5, 0.6) is 0 Å². The fraction of sp³-hybridized carbons (Fsp3) is 0.250. The summed E-state index contributed by atoms with van der Waals surface area (Å²) in [5.41, 5.74) is 2.19. The summed E-state index contributed by atoms with van der Waals surface area (Å²) in [6.45, 7) is 8.00. The van der Waals surface area contributed by atoms with Crippen LogP contribution in [0, 0.1) is 12.1 Å². The molecule has 0 aliphatic rings. The van der Waals surface area contributed by atoms with Crippen LogP contribution in [0.4, 0.5) is 0 Å². The largest absolute Gasteiger partial charge is 0.226 e. The van der Waals surface area contributed by atoms with E-state index in [1.165, 1.54) is 0 Å². The van der Waals surface area contributed by atoms with Gasteiger partial charge in [-0.05, 0) is 0 Å². The molecule has 0 nitrogen and oxygen atoms in total. The van der Waals surface area contributed by atoms with Gasteiger partial charge in [0.25, 0.3) is 0 Å². The first-order valence-corrected chi connectivity index (χ1v) is 5.90. The summed E-state index contributed by atoms with van der Waals surface area (Å²) < 4.78 is 0. The van der Waals surface area contributed by atoms with Gasteiger partial charge in [-0.1, -0.05) is 27.7 Å². The Labute approximate surface area is 1070 Å². The van der Waals surface area contributed by atoms with Crippen molar-refractivity contribution in [1.82, 2.24) is 0 Å². The van der Waals surface area contributed by atoms with Gasteiger partial charge in [-0.25, -0.2) is 11.1 Å². The Bertz CT molecular complexity index is 341. The van der Waals surface area contributed by atoms with Crippen LogP contribution in [0.15, 0.2) is 48.5 Å². The van der Waals surface area contributed by atoms with E-state index in [0.29, 0.717) is 0 Å². The summed E-state index contributed by atoms with van der Waals surface area (Å²) in [5.74, 6) is 0. The number of rotatable bonds is 1. The Morgan fingerprint density at radius 1 is 0.234 bits per heavy atom. The molecule has 0 N–H and O–H groups in total. The second kappa shape index (κ2) is 200. The maximum Gasteiger partial charge on any atom is 0 e. The van der Waals surface area contributed by atoms with Crippen LogP contribution in [-0.2, 0) is 1010 Å². The monoisotopic (exact) mass is 2970 g/mol. The van der Waals surface area contributed by atoms with E-state index in [4.69, 9.17) is 0 Å². The smallest absolute Gasteiger partial charge is 0 e. The minimum atomic E-state index is 0. The van der Waals surface area contributed by atoms with Gasteiger partial charge in [-0.2, -0.15) is 48.5 Å². The summed E-state index contributed by atoms with van der Waals surface area (Å²) in [4.78, 5) is 0. The van der Waals surface area contributed by atoms with Gasteiger partial charge in [0.2, 0.25) is 0 Å². The quantitative estimate of drug-likeness (QED) is 0.356. The van der Waals surface area contributed by atoms with Crippen molar-refractivity contribution in [3.8, 4) is 11.1 Å². The molecular formula is C16H20Y31-2. The molecule has 2 aromatic rings. The third-order valence-electron chi connectivity index (χ3n) is 1.71. The van der Waals surface area contributed by atoms with E-state index in [9.17, 15) is 0 Å². The zero-order valence-corrected chi connectivity index (χ0v) is 117. The Kier molecular flexibility index (Phi) is 925. The van der Waals surface area contributed by atoms with Gasteiger partial charge in [-0.3, -0.25) is 0 Å².